The Morgan fingerprint density at radius 1 is 1.12 bits per heavy atom. The number of anilines is 1. The Morgan fingerprint density at radius 2 is 1.79 bits per heavy atom. The first kappa shape index (κ1) is 26.9. The summed E-state index contributed by atoms with van der Waals surface area (Å²) in [6.07, 6.45) is 3.45. The molecule has 0 aliphatic rings. The summed E-state index contributed by atoms with van der Waals surface area (Å²) in [4.78, 5) is 12.8. The van der Waals surface area contributed by atoms with Crippen molar-refractivity contribution in [1.82, 2.24) is 4.31 Å². The van der Waals surface area contributed by atoms with Crippen molar-refractivity contribution in [2.24, 2.45) is 0 Å². The van der Waals surface area contributed by atoms with E-state index in [1.54, 1.807) is 38.1 Å². The molecule has 0 unspecified atom stereocenters. The lowest BCUT2D eigenvalue weighted by Gasteiger charge is -2.19. The Morgan fingerprint density at radius 3 is 2.35 bits per heavy atom. The molecule has 0 aliphatic heterocycles. The molecule has 8 nitrogen and oxygen atoms in total. The predicted octanol–water partition coefficient (Wildman–Crippen LogP) is 4.45. The van der Waals surface area contributed by atoms with Gasteiger partial charge in [0.2, 0.25) is 10.0 Å². The minimum Gasteiger partial charge on any atom is -0.495 e. The van der Waals surface area contributed by atoms with Gasteiger partial charge in [-0.2, -0.15) is 9.57 Å². The summed E-state index contributed by atoms with van der Waals surface area (Å²) >= 11 is 0. The first-order chi connectivity index (χ1) is 16.3. The summed E-state index contributed by atoms with van der Waals surface area (Å²) in [6.45, 7) is 6.85. The van der Waals surface area contributed by atoms with E-state index in [2.05, 4.69) is 12.2 Å². The van der Waals surface area contributed by atoms with E-state index >= 15 is 0 Å². The zero-order valence-electron chi connectivity index (χ0n) is 20.0. The molecular formula is C25H31N3O5S. The van der Waals surface area contributed by atoms with Gasteiger partial charge in [-0.1, -0.05) is 39.3 Å². The molecule has 0 atom stereocenters. The number of nitriles is 1. The lowest BCUT2D eigenvalue weighted by molar-refractivity contribution is -0.112. The largest absolute Gasteiger partial charge is 0.495 e. The first-order valence-electron chi connectivity index (χ1n) is 11.1. The number of unbranched alkanes of at least 4 members (excludes halogenated alkanes) is 1. The molecule has 0 saturated carbocycles. The molecule has 34 heavy (non-hydrogen) atoms. The fourth-order valence-corrected chi connectivity index (χ4v) is 4.64. The third-order valence-electron chi connectivity index (χ3n) is 5.09. The molecule has 2 aromatic carbocycles. The average molecular weight is 486 g/mol. The number of carbonyl (C=O) groups is 1. The van der Waals surface area contributed by atoms with Crippen LogP contribution in [0.3, 0.4) is 0 Å². The quantitative estimate of drug-likeness (QED) is 0.270. The van der Waals surface area contributed by atoms with Crippen LogP contribution in [0.5, 0.6) is 11.5 Å². The van der Waals surface area contributed by atoms with E-state index in [1.165, 1.54) is 35.7 Å². The summed E-state index contributed by atoms with van der Waals surface area (Å²) in [7, 11) is -2.33. The van der Waals surface area contributed by atoms with Gasteiger partial charge in [-0.15, -0.1) is 0 Å². The molecule has 0 fully saturated rings. The van der Waals surface area contributed by atoms with Gasteiger partial charge in [0.25, 0.3) is 5.91 Å². The lowest BCUT2D eigenvalue weighted by atomic mass is 10.1. The smallest absolute Gasteiger partial charge is 0.266 e. The third-order valence-corrected chi connectivity index (χ3v) is 7.13. The number of hydrogen-bond acceptors (Lipinski definition) is 6. The highest BCUT2D eigenvalue weighted by atomic mass is 32.2. The molecule has 9 heteroatoms. The summed E-state index contributed by atoms with van der Waals surface area (Å²) in [5.41, 5.74) is 0.666. The predicted molar refractivity (Wildman–Crippen MR) is 132 cm³/mol. The number of hydrogen-bond donors (Lipinski definition) is 1. The van der Waals surface area contributed by atoms with E-state index in [9.17, 15) is 18.5 Å². The van der Waals surface area contributed by atoms with Gasteiger partial charge in [-0.05, 0) is 48.4 Å². The number of benzene rings is 2. The number of ether oxygens (including phenoxy) is 2. The van der Waals surface area contributed by atoms with Crippen LogP contribution in [0, 0.1) is 11.3 Å². The Kier molecular flexibility index (Phi) is 10.1. The zero-order chi connectivity index (χ0) is 25.1. The second-order valence-corrected chi connectivity index (χ2v) is 9.28. The molecule has 2 aromatic rings. The van der Waals surface area contributed by atoms with E-state index in [4.69, 9.17) is 9.47 Å². The Labute approximate surface area is 201 Å². The second-order valence-electron chi connectivity index (χ2n) is 7.35. The molecular weight excluding hydrogens is 454 g/mol. The van der Waals surface area contributed by atoms with Crippen LogP contribution in [0.15, 0.2) is 52.9 Å². The van der Waals surface area contributed by atoms with Crippen LogP contribution in [0.2, 0.25) is 0 Å². The standard InChI is InChI=1S/C25H31N3O5S/c1-5-8-15-33-21-11-9-19(10-12-21)16-20(18-26)25(29)27-23-17-22(13-14-24(23)32-4)34(30,31)28(6-2)7-3/h9-14,16-17H,5-8,15H2,1-4H3,(H,27,29)/b20-16+. The summed E-state index contributed by atoms with van der Waals surface area (Å²) < 4.78 is 38.0. The summed E-state index contributed by atoms with van der Waals surface area (Å²) in [5.74, 6) is 0.309. The first-order valence-corrected chi connectivity index (χ1v) is 12.6. The van der Waals surface area contributed by atoms with Crippen molar-refractivity contribution in [3.63, 3.8) is 0 Å². The van der Waals surface area contributed by atoms with Crippen molar-refractivity contribution in [1.29, 1.82) is 5.26 Å². The molecule has 0 aliphatic carbocycles. The van der Waals surface area contributed by atoms with E-state index in [1.807, 2.05) is 6.07 Å². The zero-order valence-corrected chi connectivity index (χ0v) is 20.8. The van der Waals surface area contributed by atoms with E-state index in [0.717, 1.165) is 12.8 Å². The van der Waals surface area contributed by atoms with Crippen molar-refractivity contribution in [2.45, 2.75) is 38.5 Å². The third kappa shape index (κ3) is 6.83. The SMILES string of the molecule is CCCCOc1ccc(/C=C(\C#N)C(=O)Nc2cc(S(=O)(=O)N(CC)CC)ccc2OC)cc1. The van der Waals surface area contributed by atoms with Gasteiger partial charge in [0, 0.05) is 13.1 Å². The van der Waals surface area contributed by atoms with Gasteiger partial charge in [-0.25, -0.2) is 8.42 Å². The van der Waals surface area contributed by atoms with Crippen molar-refractivity contribution in [2.75, 3.05) is 32.1 Å². The van der Waals surface area contributed by atoms with Crippen molar-refractivity contribution < 1.29 is 22.7 Å². The van der Waals surface area contributed by atoms with Crippen LogP contribution in [0.1, 0.15) is 39.2 Å². The van der Waals surface area contributed by atoms with Crippen LogP contribution in [0.4, 0.5) is 5.69 Å². The number of amides is 1. The van der Waals surface area contributed by atoms with Crippen molar-refractivity contribution in [3.05, 3.63) is 53.6 Å². The van der Waals surface area contributed by atoms with Crippen molar-refractivity contribution in [3.8, 4) is 17.6 Å². The summed E-state index contributed by atoms with van der Waals surface area (Å²) in [6, 6.07) is 13.2. The van der Waals surface area contributed by atoms with E-state index in [0.29, 0.717) is 31.0 Å². The molecule has 0 aromatic heterocycles. The number of nitrogens with one attached hydrogen (secondary N) is 1. The number of rotatable bonds is 12. The molecule has 2 rings (SSSR count). The molecule has 182 valence electrons. The maximum absolute atomic E-state index is 12.9. The maximum atomic E-state index is 12.9. The molecule has 0 spiro atoms. The molecule has 1 N–H and O–H groups in total. The number of methoxy groups -OCH3 is 1. The van der Waals surface area contributed by atoms with Crippen molar-refractivity contribution >= 4 is 27.7 Å². The normalized spacial score (nSPS) is 11.7. The lowest BCUT2D eigenvalue weighted by Crippen LogP contribution is -2.30. The minimum atomic E-state index is -3.74. The van der Waals surface area contributed by atoms with Gasteiger partial charge in [0.05, 0.1) is 24.3 Å². The molecule has 1 amide bonds. The summed E-state index contributed by atoms with van der Waals surface area (Å²) in [5, 5.41) is 12.1. The number of carbonyl (C=O) groups excluding carboxylic acids is 1. The fourth-order valence-electron chi connectivity index (χ4n) is 3.16. The highest BCUT2D eigenvalue weighted by Gasteiger charge is 2.23. The monoisotopic (exact) mass is 485 g/mol. The van der Waals surface area contributed by atoms with Gasteiger partial charge < -0.3 is 14.8 Å². The molecule has 0 heterocycles. The van der Waals surface area contributed by atoms with Crippen LogP contribution in [-0.4, -0.2) is 45.4 Å². The van der Waals surface area contributed by atoms with E-state index in [-0.39, 0.29) is 21.9 Å². The Bertz CT molecular complexity index is 1150. The highest BCUT2D eigenvalue weighted by Crippen LogP contribution is 2.29. The van der Waals surface area contributed by atoms with Crippen LogP contribution in [-0.2, 0) is 14.8 Å². The van der Waals surface area contributed by atoms with Gasteiger partial charge in [0.15, 0.2) is 0 Å². The average Bonchev–Trinajstić information content (AvgIpc) is 2.84. The van der Waals surface area contributed by atoms with Crippen LogP contribution >= 0.6 is 0 Å². The maximum Gasteiger partial charge on any atom is 0.266 e. The Balaban J connectivity index is 2.28. The number of nitrogens with zero attached hydrogens (tertiary/aromatic N) is 2. The molecule has 0 saturated heterocycles. The molecule has 0 bridgehead atoms. The highest BCUT2D eigenvalue weighted by molar-refractivity contribution is 7.89. The van der Waals surface area contributed by atoms with Crippen LogP contribution in [0.25, 0.3) is 6.08 Å². The fraction of sp³-hybridized carbons (Fsp3) is 0.360. The van der Waals surface area contributed by atoms with Gasteiger partial charge in [0.1, 0.15) is 23.1 Å². The van der Waals surface area contributed by atoms with Crippen LogP contribution < -0.4 is 14.8 Å². The topological polar surface area (TPSA) is 109 Å². The van der Waals surface area contributed by atoms with Gasteiger partial charge >= 0.3 is 0 Å². The number of sulfonamides is 1. The Hall–Kier alpha value is -3.35. The van der Waals surface area contributed by atoms with E-state index < -0.39 is 15.9 Å². The minimum absolute atomic E-state index is 0.0217. The second kappa shape index (κ2) is 12.8. The van der Waals surface area contributed by atoms with Gasteiger partial charge in [-0.3, -0.25) is 4.79 Å². The molecule has 0 radical (unpaired) electrons.